The van der Waals surface area contributed by atoms with Crippen LogP contribution in [-0.2, 0) is 5.88 Å². The molecule has 0 aliphatic heterocycles. The van der Waals surface area contributed by atoms with Crippen LogP contribution in [0.1, 0.15) is 5.69 Å². The molecule has 5 heteroatoms. The molecule has 0 bridgehead atoms. The zero-order chi connectivity index (χ0) is 7.40. The van der Waals surface area contributed by atoms with Crippen LogP contribution in [0.3, 0.4) is 0 Å². The van der Waals surface area contributed by atoms with Crippen LogP contribution in [0.5, 0.6) is 5.88 Å². The summed E-state index contributed by atoms with van der Waals surface area (Å²) in [4.78, 5) is 0. The highest BCUT2D eigenvalue weighted by Crippen LogP contribution is 2.04. The van der Waals surface area contributed by atoms with Crippen molar-refractivity contribution in [2.45, 2.75) is 5.88 Å². The van der Waals surface area contributed by atoms with Crippen LogP contribution in [0.25, 0.3) is 0 Å². The Bertz CT molecular complexity index is 179. The number of halogens is 2. The average Bonchev–Trinajstić information content (AvgIpc) is 2.05. The first kappa shape index (κ1) is 10.5. The molecule has 0 unspecified atom stereocenters. The van der Waals surface area contributed by atoms with Crippen LogP contribution in [0, 0.1) is 0 Å². The summed E-state index contributed by atoms with van der Waals surface area (Å²) in [6.45, 7) is 0. The van der Waals surface area contributed by atoms with Crippen molar-refractivity contribution in [1.29, 1.82) is 0 Å². The van der Waals surface area contributed by atoms with Crippen molar-refractivity contribution in [2.75, 3.05) is 7.11 Å². The molecule has 1 aromatic rings. The smallest absolute Gasteiger partial charge is 0.233 e. The minimum absolute atomic E-state index is 0. The molecule has 0 N–H and O–H groups in total. The van der Waals surface area contributed by atoms with Crippen molar-refractivity contribution in [1.82, 2.24) is 10.2 Å². The minimum Gasteiger partial charge on any atom is -0.480 e. The van der Waals surface area contributed by atoms with Crippen LogP contribution in [-0.4, -0.2) is 17.3 Å². The molecule has 0 aliphatic rings. The lowest BCUT2D eigenvalue weighted by Gasteiger charge is -1.95. The Hall–Kier alpha value is -0.540. The summed E-state index contributed by atoms with van der Waals surface area (Å²) in [6, 6.07) is 3.50. The van der Waals surface area contributed by atoms with E-state index < -0.39 is 0 Å². The van der Waals surface area contributed by atoms with Crippen molar-refractivity contribution in [3.63, 3.8) is 0 Å². The number of methoxy groups -OCH3 is 1. The summed E-state index contributed by atoms with van der Waals surface area (Å²) >= 11 is 5.48. The third-order valence-corrected chi connectivity index (χ3v) is 1.32. The summed E-state index contributed by atoms with van der Waals surface area (Å²) in [5.74, 6) is 0.894. The van der Waals surface area contributed by atoms with E-state index in [1.54, 1.807) is 19.2 Å². The second-order valence-electron chi connectivity index (χ2n) is 1.70. The number of ether oxygens (including phenoxy) is 1. The van der Waals surface area contributed by atoms with Crippen LogP contribution in [0.15, 0.2) is 12.1 Å². The number of nitrogens with zero attached hydrogens (tertiary/aromatic N) is 2. The Morgan fingerprint density at radius 3 is 2.55 bits per heavy atom. The lowest BCUT2D eigenvalue weighted by Crippen LogP contribution is -1.92. The molecule has 0 amide bonds. The van der Waals surface area contributed by atoms with Gasteiger partial charge in [0.2, 0.25) is 5.88 Å². The fourth-order valence-corrected chi connectivity index (χ4v) is 0.670. The van der Waals surface area contributed by atoms with Crippen molar-refractivity contribution in [3.05, 3.63) is 17.8 Å². The van der Waals surface area contributed by atoms with Gasteiger partial charge in [-0.15, -0.1) is 29.1 Å². The van der Waals surface area contributed by atoms with Gasteiger partial charge >= 0.3 is 0 Å². The first-order valence-electron chi connectivity index (χ1n) is 2.79. The summed E-state index contributed by atoms with van der Waals surface area (Å²) in [5, 5.41) is 7.47. The fraction of sp³-hybridized carbons (Fsp3) is 0.333. The molecule has 3 nitrogen and oxygen atoms in total. The second-order valence-corrected chi connectivity index (χ2v) is 1.97. The molecule has 0 spiro atoms. The van der Waals surface area contributed by atoms with E-state index >= 15 is 0 Å². The molecule has 0 aliphatic carbocycles. The van der Waals surface area contributed by atoms with Gasteiger partial charge in [0, 0.05) is 6.07 Å². The molecule has 1 heterocycles. The third kappa shape index (κ3) is 2.91. The Balaban J connectivity index is 0.000001000. The molecule has 1 rings (SSSR count). The van der Waals surface area contributed by atoms with Gasteiger partial charge in [0.25, 0.3) is 0 Å². The van der Waals surface area contributed by atoms with Gasteiger partial charge in [0.1, 0.15) is 0 Å². The minimum atomic E-state index is 0. The molecule has 0 aromatic carbocycles. The maximum atomic E-state index is 5.48. The lowest BCUT2D eigenvalue weighted by atomic mass is 10.4. The van der Waals surface area contributed by atoms with Gasteiger partial charge in [-0.1, -0.05) is 0 Å². The second kappa shape index (κ2) is 5.16. The third-order valence-electron chi connectivity index (χ3n) is 1.04. The topological polar surface area (TPSA) is 35.0 Å². The fourth-order valence-electron chi connectivity index (χ4n) is 0.528. The van der Waals surface area contributed by atoms with E-state index in [1.165, 1.54) is 0 Å². The molecule has 1 aromatic heterocycles. The molecular weight excluding hydrogens is 187 g/mol. The molecule has 0 saturated carbocycles. The summed E-state index contributed by atoms with van der Waals surface area (Å²) in [5.41, 5.74) is 0.752. The Labute approximate surface area is 76.1 Å². The zero-order valence-electron chi connectivity index (χ0n) is 5.95. The number of hydrogen-bond donors (Lipinski definition) is 0. The normalized spacial score (nSPS) is 8.55. The standard InChI is InChI=1S/C6H7ClN2O.ClH/c1-10-6-3-2-5(4-7)8-9-6;/h2-3H,4H2,1H3;1H. The van der Waals surface area contributed by atoms with Gasteiger partial charge in [0.05, 0.1) is 18.7 Å². The first-order chi connectivity index (χ1) is 4.86. The molecule has 62 valence electrons. The van der Waals surface area contributed by atoms with Crippen molar-refractivity contribution in [3.8, 4) is 5.88 Å². The molecular formula is C6H8Cl2N2O. The largest absolute Gasteiger partial charge is 0.480 e. The predicted octanol–water partition coefficient (Wildman–Crippen LogP) is 1.65. The lowest BCUT2D eigenvalue weighted by molar-refractivity contribution is 0.391. The molecule has 11 heavy (non-hydrogen) atoms. The monoisotopic (exact) mass is 194 g/mol. The van der Waals surface area contributed by atoms with Gasteiger partial charge in [0.15, 0.2) is 0 Å². The average molecular weight is 195 g/mol. The summed E-state index contributed by atoms with van der Waals surface area (Å²) < 4.78 is 4.80. The number of alkyl halides is 1. The van der Waals surface area contributed by atoms with Gasteiger partial charge < -0.3 is 4.74 Å². The highest BCUT2D eigenvalue weighted by Gasteiger charge is 1.93. The van der Waals surface area contributed by atoms with E-state index in [4.69, 9.17) is 16.3 Å². The highest BCUT2D eigenvalue weighted by molar-refractivity contribution is 6.16. The highest BCUT2D eigenvalue weighted by atomic mass is 35.5. The quantitative estimate of drug-likeness (QED) is 0.673. The molecule has 0 saturated heterocycles. The summed E-state index contributed by atoms with van der Waals surface area (Å²) in [6.07, 6.45) is 0. The van der Waals surface area contributed by atoms with E-state index in [2.05, 4.69) is 10.2 Å². The molecule has 0 radical (unpaired) electrons. The van der Waals surface area contributed by atoms with Crippen molar-refractivity contribution >= 4 is 24.0 Å². The van der Waals surface area contributed by atoms with Crippen LogP contribution in [0.4, 0.5) is 0 Å². The van der Waals surface area contributed by atoms with Gasteiger partial charge in [-0.25, -0.2) is 0 Å². The van der Waals surface area contributed by atoms with Gasteiger partial charge in [-0.3, -0.25) is 0 Å². The maximum absolute atomic E-state index is 5.48. The molecule has 0 atom stereocenters. The van der Waals surface area contributed by atoms with Crippen LogP contribution in [0.2, 0.25) is 0 Å². The van der Waals surface area contributed by atoms with E-state index in [9.17, 15) is 0 Å². The first-order valence-corrected chi connectivity index (χ1v) is 3.33. The van der Waals surface area contributed by atoms with E-state index in [1.807, 2.05) is 0 Å². The Morgan fingerprint density at radius 2 is 2.18 bits per heavy atom. The van der Waals surface area contributed by atoms with Crippen LogP contribution >= 0.6 is 24.0 Å². The summed E-state index contributed by atoms with van der Waals surface area (Å²) in [7, 11) is 1.55. The maximum Gasteiger partial charge on any atom is 0.233 e. The zero-order valence-corrected chi connectivity index (χ0v) is 7.52. The number of aromatic nitrogens is 2. The Kier molecular flexibility index (Phi) is 4.90. The SMILES string of the molecule is COc1ccc(CCl)nn1.Cl. The van der Waals surface area contributed by atoms with Crippen molar-refractivity contribution in [2.24, 2.45) is 0 Å². The van der Waals surface area contributed by atoms with E-state index in [0.29, 0.717) is 11.8 Å². The van der Waals surface area contributed by atoms with E-state index in [-0.39, 0.29) is 12.4 Å². The van der Waals surface area contributed by atoms with Crippen molar-refractivity contribution < 1.29 is 4.74 Å². The van der Waals surface area contributed by atoms with Gasteiger partial charge in [-0.05, 0) is 6.07 Å². The predicted molar refractivity (Wildman–Crippen MR) is 45.4 cm³/mol. The number of rotatable bonds is 2. The van der Waals surface area contributed by atoms with E-state index in [0.717, 1.165) is 5.69 Å². The Morgan fingerprint density at radius 1 is 1.45 bits per heavy atom. The molecule has 0 fully saturated rings. The van der Waals surface area contributed by atoms with Gasteiger partial charge in [-0.2, -0.15) is 5.10 Å². The van der Waals surface area contributed by atoms with Crippen LogP contribution < -0.4 is 4.74 Å². The number of hydrogen-bond acceptors (Lipinski definition) is 3.